The minimum Gasteiger partial charge on any atom is -0.486 e. The highest BCUT2D eigenvalue weighted by molar-refractivity contribution is 5.43. The maximum Gasteiger partial charge on any atom is 0.161 e. The highest BCUT2D eigenvalue weighted by Gasteiger charge is 2.22. The van der Waals surface area contributed by atoms with Gasteiger partial charge in [-0.1, -0.05) is 19.4 Å². The minimum absolute atomic E-state index is 0.660. The van der Waals surface area contributed by atoms with Crippen LogP contribution in [0.15, 0.2) is 18.2 Å². The molecule has 0 saturated heterocycles. The van der Waals surface area contributed by atoms with Crippen LogP contribution < -0.4 is 14.8 Å². The average Bonchev–Trinajstić information content (AvgIpc) is 2.84. The predicted molar refractivity (Wildman–Crippen MR) is 75.9 cm³/mol. The van der Waals surface area contributed by atoms with E-state index in [-0.39, 0.29) is 0 Å². The molecule has 0 radical (unpaired) electrons. The Labute approximate surface area is 115 Å². The number of hydrogen-bond acceptors (Lipinski definition) is 3. The number of rotatable bonds is 4. The number of benzene rings is 1. The van der Waals surface area contributed by atoms with Gasteiger partial charge in [-0.2, -0.15) is 0 Å². The molecule has 1 heterocycles. The van der Waals surface area contributed by atoms with Crippen molar-refractivity contribution in [1.29, 1.82) is 0 Å². The van der Waals surface area contributed by atoms with E-state index in [1.807, 2.05) is 6.07 Å². The summed E-state index contributed by atoms with van der Waals surface area (Å²) >= 11 is 0. The Morgan fingerprint density at radius 3 is 2.79 bits per heavy atom. The summed E-state index contributed by atoms with van der Waals surface area (Å²) in [5.74, 6) is 2.62. The number of ether oxygens (including phenoxy) is 2. The third-order valence-corrected chi connectivity index (χ3v) is 4.29. The Bertz CT molecular complexity index is 433. The molecular formula is C16H23NO2. The molecule has 3 rings (SSSR count). The van der Waals surface area contributed by atoms with Crippen LogP contribution >= 0.6 is 0 Å². The van der Waals surface area contributed by atoms with Gasteiger partial charge in [0.15, 0.2) is 11.5 Å². The third-order valence-electron chi connectivity index (χ3n) is 4.29. The molecule has 1 aliphatic heterocycles. The third kappa shape index (κ3) is 3.03. The summed E-state index contributed by atoms with van der Waals surface area (Å²) in [5, 5.41) is 3.69. The Morgan fingerprint density at radius 2 is 2.00 bits per heavy atom. The Balaban J connectivity index is 1.52. The van der Waals surface area contributed by atoms with Crippen LogP contribution in [0.1, 0.15) is 31.7 Å². The molecule has 0 bridgehead atoms. The van der Waals surface area contributed by atoms with Gasteiger partial charge >= 0.3 is 0 Å². The fourth-order valence-electron chi connectivity index (χ4n) is 3.09. The molecule has 1 aromatic carbocycles. The van der Waals surface area contributed by atoms with E-state index in [4.69, 9.17) is 9.47 Å². The summed E-state index contributed by atoms with van der Waals surface area (Å²) in [5.41, 5.74) is 1.32. The zero-order valence-corrected chi connectivity index (χ0v) is 11.7. The predicted octanol–water partition coefficient (Wildman–Crippen LogP) is 2.78. The van der Waals surface area contributed by atoms with Crippen molar-refractivity contribution in [2.24, 2.45) is 5.92 Å². The molecule has 2 unspecified atom stereocenters. The number of fused-ring (bicyclic) bond motifs is 1. The zero-order chi connectivity index (χ0) is 13.1. The lowest BCUT2D eigenvalue weighted by Crippen LogP contribution is -2.32. The molecule has 2 aliphatic rings. The van der Waals surface area contributed by atoms with Crippen molar-refractivity contribution in [1.82, 2.24) is 5.32 Å². The first-order valence-electron chi connectivity index (χ1n) is 7.45. The van der Waals surface area contributed by atoms with Crippen molar-refractivity contribution in [3.63, 3.8) is 0 Å². The second kappa shape index (κ2) is 5.83. The Kier molecular flexibility index (Phi) is 3.92. The maximum atomic E-state index is 5.62. The maximum absolute atomic E-state index is 5.62. The lowest BCUT2D eigenvalue weighted by molar-refractivity contribution is 0.171. The first-order valence-corrected chi connectivity index (χ1v) is 7.45. The van der Waals surface area contributed by atoms with Gasteiger partial charge in [0.05, 0.1) is 0 Å². The molecule has 104 valence electrons. The molecule has 0 amide bonds. The van der Waals surface area contributed by atoms with Crippen molar-refractivity contribution in [3.05, 3.63) is 23.8 Å². The van der Waals surface area contributed by atoms with Gasteiger partial charge in [0, 0.05) is 6.04 Å². The van der Waals surface area contributed by atoms with E-state index >= 15 is 0 Å². The monoisotopic (exact) mass is 261 g/mol. The van der Waals surface area contributed by atoms with E-state index < -0.39 is 0 Å². The van der Waals surface area contributed by atoms with Crippen LogP contribution in [0.3, 0.4) is 0 Å². The summed E-state index contributed by atoms with van der Waals surface area (Å²) in [6.45, 7) is 4.73. The number of hydrogen-bond donors (Lipinski definition) is 1. The fourth-order valence-corrected chi connectivity index (χ4v) is 3.09. The van der Waals surface area contributed by atoms with E-state index in [1.54, 1.807) is 0 Å². The zero-order valence-electron chi connectivity index (χ0n) is 11.7. The molecule has 19 heavy (non-hydrogen) atoms. The molecule has 1 saturated carbocycles. The van der Waals surface area contributed by atoms with Crippen molar-refractivity contribution in [3.8, 4) is 11.5 Å². The molecule has 1 fully saturated rings. The smallest absolute Gasteiger partial charge is 0.161 e. The van der Waals surface area contributed by atoms with E-state index in [0.717, 1.165) is 36.4 Å². The molecule has 3 nitrogen and oxygen atoms in total. The van der Waals surface area contributed by atoms with Crippen LogP contribution in [0.25, 0.3) is 0 Å². The Hall–Kier alpha value is -1.22. The summed E-state index contributed by atoms with van der Waals surface area (Å²) in [6, 6.07) is 7.01. The summed E-state index contributed by atoms with van der Waals surface area (Å²) in [7, 11) is 0. The molecule has 0 spiro atoms. The normalized spacial score (nSPS) is 25.5. The van der Waals surface area contributed by atoms with Crippen LogP contribution in [0.5, 0.6) is 11.5 Å². The van der Waals surface area contributed by atoms with Crippen molar-refractivity contribution < 1.29 is 9.47 Å². The molecule has 2 atom stereocenters. The van der Waals surface area contributed by atoms with Crippen LogP contribution in [0, 0.1) is 5.92 Å². The number of nitrogens with one attached hydrogen (secondary N) is 1. The van der Waals surface area contributed by atoms with Crippen LogP contribution in [0.4, 0.5) is 0 Å². The van der Waals surface area contributed by atoms with Gasteiger partial charge in [-0.25, -0.2) is 0 Å². The van der Waals surface area contributed by atoms with Crippen molar-refractivity contribution in [2.75, 3.05) is 19.8 Å². The highest BCUT2D eigenvalue weighted by atomic mass is 16.6. The van der Waals surface area contributed by atoms with E-state index in [9.17, 15) is 0 Å². The van der Waals surface area contributed by atoms with Crippen molar-refractivity contribution in [2.45, 2.75) is 38.6 Å². The van der Waals surface area contributed by atoms with Crippen LogP contribution in [-0.4, -0.2) is 25.8 Å². The molecule has 1 aromatic rings. The van der Waals surface area contributed by atoms with Crippen LogP contribution in [-0.2, 0) is 6.42 Å². The largest absolute Gasteiger partial charge is 0.486 e. The Morgan fingerprint density at radius 1 is 1.16 bits per heavy atom. The van der Waals surface area contributed by atoms with E-state index in [2.05, 4.69) is 24.4 Å². The topological polar surface area (TPSA) is 30.5 Å². The van der Waals surface area contributed by atoms with Gasteiger partial charge in [-0.3, -0.25) is 0 Å². The molecule has 3 heteroatoms. The minimum atomic E-state index is 0.660. The second-order valence-electron chi connectivity index (χ2n) is 5.70. The summed E-state index contributed by atoms with van der Waals surface area (Å²) in [4.78, 5) is 0. The van der Waals surface area contributed by atoms with Gasteiger partial charge in [0.1, 0.15) is 13.2 Å². The van der Waals surface area contributed by atoms with Gasteiger partial charge in [0.25, 0.3) is 0 Å². The van der Waals surface area contributed by atoms with E-state index in [1.165, 1.54) is 24.8 Å². The summed E-state index contributed by atoms with van der Waals surface area (Å²) < 4.78 is 11.2. The van der Waals surface area contributed by atoms with Gasteiger partial charge < -0.3 is 14.8 Å². The van der Waals surface area contributed by atoms with Crippen LogP contribution in [0.2, 0.25) is 0 Å². The molecule has 1 N–H and O–H groups in total. The molecular weight excluding hydrogens is 238 g/mol. The molecule has 1 aliphatic carbocycles. The average molecular weight is 261 g/mol. The van der Waals surface area contributed by atoms with E-state index in [0.29, 0.717) is 13.2 Å². The highest BCUT2D eigenvalue weighted by Crippen LogP contribution is 2.31. The molecule has 0 aromatic heterocycles. The lowest BCUT2D eigenvalue weighted by atomic mass is 10.1. The fraction of sp³-hybridized carbons (Fsp3) is 0.625. The first-order chi connectivity index (χ1) is 9.33. The SMILES string of the molecule is CC1CCCC1NCCc1ccc2c(c1)OCCO2. The summed E-state index contributed by atoms with van der Waals surface area (Å²) in [6.07, 6.45) is 5.15. The van der Waals surface area contributed by atoms with Crippen molar-refractivity contribution >= 4 is 0 Å². The van der Waals surface area contributed by atoms with Gasteiger partial charge in [0.2, 0.25) is 0 Å². The lowest BCUT2D eigenvalue weighted by Gasteiger charge is -2.20. The van der Waals surface area contributed by atoms with Gasteiger partial charge in [-0.05, 0) is 49.4 Å². The quantitative estimate of drug-likeness (QED) is 0.904. The van der Waals surface area contributed by atoms with Gasteiger partial charge in [-0.15, -0.1) is 0 Å². The standard InChI is InChI=1S/C16H23NO2/c1-12-3-2-4-14(12)17-8-7-13-5-6-15-16(11-13)19-10-9-18-15/h5-6,11-12,14,17H,2-4,7-10H2,1H3. The second-order valence-corrected chi connectivity index (χ2v) is 5.70. The first kappa shape index (κ1) is 12.8.